The number of fused-ring (bicyclic) bond motifs is 1. The van der Waals surface area contributed by atoms with Crippen molar-refractivity contribution in [1.29, 1.82) is 0 Å². The predicted molar refractivity (Wildman–Crippen MR) is 75.3 cm³/mol. The Labute approximate surface area is 119 Å². The highest BCUT2D eigenvalue weighted by atomic mass is 35.5. The summed E-state index contributed by atoms with van der Waals surface area (Å²) in [6, 6.07) is 11.0. The Morgan fingerprint density at radius 1 is 1.10 bits per heavy atom. The number of halogens is 2. The molecule has 2 aromatic carbocycles. The molecule has 0 N–H and O–H groups in total. The lowest BCUT2D eigenvalue weighted by Gasteiger charge is -2.07. The second-order valence-electron chi connectivity index (χ2n) is 4.19. The van der Waals surface area contributed by atoms with Crippen LogP contribution >= 0.6 is 11.6 Å². The van der Waals surface area contributed by atoms with Crippen LogP contribution in [0.15, 0.2) is 42.5 Å². The fourth-order valence-corrected chi connectivity index (χ4v) is 2.20. The molecule has 98 valence electrons. The van der Waals surface area contributed by atoms with Gasteiger partial charge in [0, 0.05) is 5.56 Å². The van der Waals surface area contributed by atoms with Gasteiger partial charge in [-0.25, -0.2) is 14.4 Å². The average Bonchev–Trinajstić information content (AvgIpc) is 2.46. The van der Waals surface area contributed by atoms with Gasteiger partial charge in [-0.15, -0.1) is 0 Å². The predicted octanol–water partition coefficient (Wildman–Crippen LogP) is 3.90. The van der Waals surface area contributed by atoms with Crippen molar-refractivity contribution in [2.45, 2.75) is 0 Å². The van der Waals surface area contributed by atoms with E-state index < -0.39 is 5.82 Å². The van der Waals surface area contributed by atoms with Crippen LogP contribution in [0.4, 0.5) is 4.39 Å². The van der Waals surface area contributed by atoms with Crippen LogP contribution in [0.2, 0.25) is 5.02 Å². The molecule has 0 saturated carbocycles. The third-order valence-corrected chi connectivity index (χ3v) is 3.19. The molecule has 0 radical (unpaired) electrons. The highest BCUT2D eigenvalue weighted by Crippen LogP contribution is 2.26. The first-order valence-corrected chi connectivity index (χ1v) is 6.24. The summed E-state index contributed by atoms with van der Waals surface area (Å²) in [7, 11) is 0. The van der Waals surface area contributed by atoms with Crippen LogP contribution in [-0.2, 0) is 0 Å². The largest absolute Gasteiger partial charge is 0.296 e. The second-order valence-corrected chi connectivity index (χ2v) is 4.60. The standard InChI is InChI=1S/C15H8ClFN2O/c16-11-5-2-6-12-15(11)19-14(13(8-20)18-12)9-3-1-4-10(17)7-9/h1-8H. The van der Waals surface area contributed by atoms with E-state index in [1.54, 1.807) is 30.3 Å². The maximum atomic E-state index is 13.3. The van der Waals surface area contributed by atoms with Crippen molar-refractivity contribution >= 4 is 28.9 Å². The Balaban J connectivity index is 2.34. The summed E-state index contributed by atoms with van der Waals surface area (Å²) in [5.74, 6) is -0.402. The van der Waals surface area contributed by atoms with E-state index in [9.17, 15) is 9.18 Å². The molecule has 0 saturated heterocycles. The summed E-state index contributed by atoms with van der Waals surface area (Å²) in [5, 5.41) is 0.435. The average molecular weight is 287 g/mol. The highest BCUT2D eigenvalue weighted by Gasteiger charge is 2.12. The van der Waals surface area contributed by atoms with Gasteiger partial charge >= 0.3 is 0 Å². The quantitative estimate of drug-likeness (QED) is 0.671. The molecule has 3 nitrogen and oxygen atoms in total. The molecule has 0 unspecified atom stereocenters. The van der Waals surface area contributed by atoms with Crippen molar-refractivity contribution in [1.82, 2.24) is 9.97 Å². The zero-order valence-corrected chi connectivity index (χ0v) is 10.9. The van der Waals surface area contributed by atoms with Crippen molar-refractivity contribution in [3.8, 4) is 11.3 Å². The molecule has 5 heteroatoms. The Morgan fingerprint density at radius 2 is 1.90 bits per heavy atom. The molecule has 3 rings (SSSR count). The molecule has 3 aromatic rings. The summed E-state index contributed by atoms with van der Waals surface area (Å²) >= 11 is 6.08. The van der Waals surface area contributed by atoms with Crippen LogP contribution in [0, 0.1) is 5.82 Å². The minimum absolute atomic E-state index is 0.158. The van der Waals surface area contributed by atoms with Crippen molar-refractivity contribution in [2.24, 2.45) is 0 Å². The van der Waals surface area contributed by atoms with Crippen molar-refractivity contribution in [3.63, 3.8) is 0 Å². The van der Waals surface area contributed by atoms with E-state index >= 15 is 0 Å². The molecular formula is C15H8ClFN2O. The molecule has 1 heterocycles. The van der Waals surface area contributed by atoms with E-state index in [0.717, 1.165) is 0 Å². The van der Waals surface area contributed by atoms with E-state index in [4.69, 9.17) is 11.6 Å². The molecule has 0 amide bonds. The number of aldehydes is 1. The summed E-state index contributed by atoms with van der Waals surface area (Å²) in [4.78, 5) is 19.8. The second kappa shape index (κ2) is 4.98. The number of aromatic nitrogens is 2. The van der Waals surface area contributed by atoms with Gasteiger partial charge in [-0.2, -0.15) is 0 Å². The SMILES string of the molecule is O=Cc1nc2cccc(Cl)c2nc1-c1cccc(F)c1. The maximum absolute atomic E-state index is 13.3. The molecule has 0 aliphatic heterocycles. The van der Waals surface area contributed by atoms with Gasteiger partial charge in [-0.1, -0.05) is 29.8 Å². The monoisotopic (exact) mass is 286 g/mol. The van der Waals surface area contributed by atoms with Crippen LogP contribution in [0.1, 0.15) is 10.5 Å². The Morgan fingerprint density at radius 3 is 2.65 bits per heavy atom. The topological polar surface area (TPSA) is 42.9 Å². The van der Waals surface area contributed by atoms with Crippen LogP contribution < -0.4 is 0 Å². The molecule has 1 aromatic heterocycles. The van der Waals surface area contributed by atoms with Crippen LogP contribution in [0.3, 0.4) is 0 Å². The summed E-state index contributed by atoms with van der Waals surface area (Å²) in [6.07, 6.45) is 0.605. The fraction of sp³-hybridized carbons (Fsp3) is 0. The zero-order valence-electron chi connectivity index (χ0n) is 10.2. The fourth-order valence-electron chi connectivity index (χ4n) is 1.99. The third kappa shape index (κ3) is 2.14. The summed E-state index contributed by atoms with van der Waals surface area (Å²) in [6.45, 7) is 0. The number of carbonyl (C=O) groups excluding carboxylic acids is 1. The molecule has 0 atom stereocenters. The van der Waals surface area contributed by atoms with Gasteiger partial charge in [0.1, 0.15) is 22.7 Å². The smallest absolute Gasteiger partial charge is 0.170 e. The molecular weight excluding hydrogens is 279 g/mol. The van der Waals surface area contributed by atoms with Crippen LogP contribution in [0.25, 0.3) is 22.3 Å². The summed E-state index contributed by atoms with van der Waals surface area (Å²) in [5.41, 5.74) is 1.98. The maximum Gasteiger partial charge on any atom is 0.170 e. The van der Waals surface area contributed by atoms with Crippen molar-refractivity contribution in [2.75, 3.05) is 0 Å². The summed E-state index contributed by atoms with van der Waals surface area (Å²) < 4.78 is 13.3. The van der Waals surface area contributed by atoms with Crippen LogP contribution in [-0.4, -0.2) is 16.3 Å². The third-order valence-electron chi connectivity index (χ3n) is 2.88. The molecule has 0 fully saturated rings. The van der Waals surface area contributed by atoms with E-state index in [2.05, 4.69) is 9.97 Å². The normalized spacial score (nSPS) is 10.7. The number of nitrogens with zero attached hydrogens (tertiary/aromatic N) is 2. The number of benzene rings is 2. The lowest BCUT2D eigenvalue weighted by atomic mass is 10.1. The molecule has 20 heavy (non-hydrogen) atoms. The number of hydrogen-bond donors (Lipinski definition) is 0. The van der Waals surface area contributed by atoms with Gasteiger partial charge in [0.25, 0.3) is 0 Å². The van der Waals surface area contributed by atoms with E-state index in [-0.39, 0.29) is 5.69 Å². The first kappa shape index (κ1) is 12.7. The number of carbonyl (C=O) groups is 1. The van der Waals surface area contributed by atoms with Gasteiger partial charge in [0.05, 0.1) is 10.5 Å². The number of rotatable bonds is 2. The molecule has 0 bridgehead atoms. The van der Waals surface area contributed by atoms with Crippen molar-refractivity contribution in [3.05, 3.63) is 59.0 Å². The minimum atomic E-state index is -0.402. The van der Waals surface area contributed by atoms with E-state index in [1.165, 1.54) is 12.1 Å². The Hall–Kier alpha value is -2.33. The molecule has 0 aliphatic carbocycles. The lowest BCUT2D eigenvalue weighted by molar-refractivity contribution is 0.111. The van der Waals surface area contributed by atoms with Gasteiger partial charge in [0.2, 0.25) is 0 Å². The lowest BCUT2D eigenvalue weighted by Crippen LogP contribution is -1.98. The highest BCUT2D eigenvalue weighted by molar-refractivity contribution is 6.34. The first-order valence-electron chi connectivity index (χ1n) is 5.86. The minimum Gasteiger partial charge on any atom is -0.296 e. The van der Waals surface area contributed by atoms with Crippen molar-refractivity contribution < 1.29 is 9.18 Å². The van der Waals surface area contributed by atoms with E-state index in [0.29, 0.717) is 33.6 Å². The van der Waals surface area contributed by atoms with Gasteiger partial charge < -0.3 is 0 Å². The van der Waals surface area contributed by atoms with Gasteiger partial charge in [0.15, 0.2) is 6.29 Å². The Bertz CT molecular complexity index is 820. The van der Waals surface area contributed by atoms with Crippen LogP contribution in [0.5, 0.6) is 0 Å². The van der Waals surface area contributed by atoms with Gasteiger partial charge in [-0.05, 0) is 24.3 Å². The number of para-hydroxylation sites is 1. The molecule has 0 aliphatic rings. The first-order chi connectivity index (χ1) is 9.69. The molecule has 0 spiro atoms. The van der Waals surface area contributed by atoms with Gasteiger partial charge in [-0.3, -0.25) is 4.79 Å². The van der Waals surface area contributed by atoms with E-state index in [1.807, 2.05) is 0 Å². The number of hydrogen-bond acceptors (Lipinski definition) is 3. The zero-order chi connectivity index (χ0) is 14.1. The Kier molecular flexibility index (Phi) is 3.16.